The molecule has 19 heavy (non-hydrogen) atoms. The molecule has 4 nitrogen and oxygen atoms in total. The highest BCUT2D eigenvalue weighted by Gasteiger charge is 2.10. The van der Waals surface area contributed by atoms with Crippen molar-refractivity contribution >= 4 is 17.5 Å². The van der Waals surface area contributed by atoms with E-state index in [4.69, 9.17) is 0 Å². The molecule has 100 valence electrons. The fraction of sp³-hybridized carbons (Fsp3) is 0.333. The molecule has 1 aromatic heterocycles. The molecule has 0 fully saturated rings. The van der Waals surface area contributed by atoms with Crippen molar-refractivity contribution in [3.63, 3.8) is 0 Å². The van der Waals surface area contributed by atoms with Crippen molar-refractivity contribution in [2.75, 3.05) is 24.3 Å². The summed E-state index contributed by atoms with van der Waals surface area (Å²) in [5, 5.41) is 2.97. The van der Waals surface area contributed by atoms with Crippen molar-refractivity contribution in [2.45, 2.75) is 20.3 Å². The lowest BCUT2D eigenvalue weighted by atomic mass is 10.1. The van der Waals surface area contributed by atoms with Gasteiger partial charge in [-0.15, -0.1) is 0 Å². The first kappa shape index (κ1) is 13.3. The minimum Gasteiger partial charge on any atom is -0.357 e. The Balaban J connectivity index is 2.34. The van der Waals surface area contributed by atoms with Gasteiger partial charge in [0, 0.05) is 31.5 Å². The molecule has 0 aliphatic rings. The molecule has 0 bridgehead atoms. The van der Waals surface area contributed by atoms with Crippen LogP contribution in [0.3, 0.4) is 0 Å². The lowest BCUT2D eigenvalue weighted by Gasteiger charge is -2.20. The first-order valence-corrected chi connectivity index (χ1v) is 6.49. The fourth-order valence-corrected chi connectivity index (χ4v) is 1.97. The van der Waals surface area contributed by atoms with Gasteiger partial charge in [-0.05, 0) is 31.0 Å². The Morgan fingerprint density at radius 1 is 1.21 bits per heavy atom. The van der Waals surface area contributed by atoms with Crippen molar-refractivity contribution in [2.24, 2.45) is 0 Å². The van der Waals surface area contributed by atoms with Gasteiger partial charge in [-0.3, -0.25) is 0 Å². The Morgan fingerprint density at radius 2 is 1.89 bits per heavy atom. The van der Waals surface area contributed by atoms with Crippen molar-refractivity contribution < 1.29 is 0 Å². The summed E-state index contributed by atoms with van der Waals surface area (Å²) in [6.07, 6.45) is 2.89. The van der Waals surface area contributed by atoms with Gasteiger partial charge in [0.15, 0.2) is 0 Å². The lowest BCUT2D eigenvalue weighted by Crippen LogP contribution is -2.14. The zero-order valence-corrected chi connectivity index (χ0v) is 11.9. The smallest absolute Gasteiger partial charge is 0.224 e. The maximum Gasteiger partial charge on any atom is 0.224 e. The van der Waals surface area contributed by atoms with Crippen LogP contribution >= 0.6 is 0 Å². The van der Waals surface area contributed by atoms with E-state index < -0.39 is 0 Å². The first-order chi connectivity index (χ1) is 9.15. The first-order valence-electron chi connectivity index (χ1n) is 6.49. The molecule has 0 radical (unpaired) electrons. The second-order valence-corrected chi connectivity index (χ2v) is 4.53. The normalized spacial score (nSPS) is 10.3. The van der Waals surface area contributed by atoms with E-state index in [0.29, 0.717) is 5.95 Å². The molecule has 0 spiro atoms. The average Bonchev–Trinajstić information content (AvgIpc) is 2.47. The third kappa shape index (κ3) is 2.84. The van der Waals surface area contributed by atoms with E-state index in [1.165, 1.54) is 5.56 Å². The molecule has 0 aliphatic heterocycles. The molecule has 0 amide bonds. The van der Waals surface area contributed by atoms with Crippen LogP contribution in [-0.2, 0) is 6.42 Å². The molecule has 4 heteroatoms. The molecule has 1 heterocycles. The van der Waals surface area contributed by atoms with Crippen molar-refractivity contribution in [1.82, 2.24) is 9.97 Å². The maximum atomic E-state index is 4.51. The van der Waals surface area contributed by atoms with Gasteiger partial charge >= 0.3 is 0 Å². The van der Waals surface area contributed by atoms with Crippen LogP contribution in [0.15, 0.2) is 30.5 Å². The summed E-state index contributed by atoms with van der Waals surface area (Å²) in [6.45, 7) is 4.18. The summed E-state index contributed by atoms with van der Waals surface area (Å²) in [5.41, 5.74) is 3.52. The van der Waals surface area contributed by atoms with E-state index in [1.807, 2.05) is 27.2 Å². The van der Waals surface area contributed by atoms with E-state index >= 15 is 0 Å². The second-order valence-electron chi connectivity index (χ2n) is 4.53. The van der Waals surface area contributed by atoms with Crippen LogP contribution in [0.1, 0.15) is 18.1 Å². The molecule has 2 aromatic rings. The van der Waals surface area contributed by atoms with E-state index in [0.717, 1.165) is 23.5 Å². The van der Waals surface area contributed by atoms with Crippen molar-refractivity contribution in [3.05, 3.63) is 41.6 Å². The topological polar surface area (TPSA) is 41.1 Å². The fourth-order valence-electron chi connectivity index (χ4n) is 1.97. The highest BCUT2D eigenvalue weighted by molar-refractivity contribution is 5.62. The number of aryl methyl sites for hydroxylation is 2. The molecule has 0 aliphatic carbocycles. The SMILES string of the molecule is CCc1ccc(N(C)c2nc(NC)ncc2C)cc1. The number of hydrogen-bond acceptors (Lipinski definition) is 4. The Labute approximate surface area is 114 Å². The standard InChI is InChI=1S/C15H20N4/c1-5-12-6-8-13(9-7-12)19(4)14-11(2)10-17-15(16-3)18-14/h6-10H,5H2,1-4H3,(H,16,17,18). The van der Waals surface area contributed by atoms with Gasteiger partial charge in [0.05, 0.1) is 0 Å². The van der Waals surface area contributed by atoms with Gasteiger partial charge in [0.2, 0.25) is 5.95 Å². The number of benzene rings is 1. The van der Waals surface area contributed by atoms with Crippen LogP contribution in [0.2, 0.25) is 0 Å². The van der Waals surface area contributed by atoms with Gasteiger partial charge in [-0.25, -0.2) is 4.98 Å². The van der Waals surface area contributed by atoms with Crippen LogP contribution in [0.25, 0.3) is 0 Å². The Morgan fingerprint density at radius 3 is 2.47 bits per heavy atom. The number of nitrogens with one attached hydrogen (secondary N) is 1. The molecular formula is C15H20N4. The molecule has 0 atom stereocenters. The van der Waals surface area contributed by atoms with Gasteiger partial charge in [0.1, 0.15) is 5.82 Å². The molecule has 1 aromatic carbocycles. The van der Waals surface area contributed by atoms with Crippen molar-refractivity contribution in [1.29, 1.82) is 0 Å². The predicted octanol–water partition coefficient (Wildman–Crippen LogP) is 3.16. The summed E-state index contributed by atoms with van der Waals surface area (Å²) in [5.74, 6) is 1.56. The summed E-state index contributed by atoms with van der Waals surface area (Å²) in [6, 6.07) is 8.56. The monoisotopic (exact) mass is 256 g/mol. The summed E-state index contributed by atoms with van der Waals surface area (Å²) in [4.78, 5) is 10.8. The molecule has 0 unspecified atom stereocenters. The van der Waals surface area contributed by atoms with Crippen molar-refractivity contribution in [3.8, 4) is 0 Å². The Hall–Kier alpha value is -2.10. The van der Waals surface area contributed by atoms with E-state index in [1.54, 1.807) is 0 Å². The number of anilines is 3. The van der Waals surface area contributed by atoms with Crippen LogP contribution in [0.5, 0.6) is 0 Å². The molecule has 0 saturated carbocycles. The Kier molecular flexibility index (Phi) is 4.00. The number of hydrogen-bond donors (Lipinski definition) is 1. The number of nitrogens with zero attached hydrogens (tertiary/aromatic N) is 3. The summed E-state index contributed by atoms with van der Waals surface area (Å²) >= 11 is 0. The highest BCUT2D eigenvalue weighted by Crippen LogP contribution is 2.25. The number of rotatable bonds is 4. The summed E-state index contributed by atoms with van der Waals surface area (Å²) < 4.78 is 0. The van der Waals surface area contributed by atoms with Crippen LogP contribution < -0.4 is 10.2 Å². The zero-order chi connectivity index (χ0) is 13.8. The highest BCUT2D eigenvalue weighted by atomic mass is 15.2. The van der Waals surface area contributed by atoms with Gasteiger partial charge < -0.3 is 10.2 Å². The summed E-state index contributed by atoms with van der Waals surface area (Å²) in [7, 11) is 3.85. The average molecular weight is 256 g/mol. The molecule has 2 rings (SSSR count). The van der Waals surface area contributed by atoms with Gasteiger partial charge in [-0.1, -0.05) is 19.1 Å². The van der Waals surface area contributed by atoms with Gasteiger partial charge in [-0.2, -0.15) is 4.98 Å². The van der Waals surface area contributed by atoms with Crippen LogP contribution in [-0.4, -0.2) is 24.1 Å². The third-order valence-corrected chi connectivity index (χ3v) is 3.22. The van der Waals surface area contributed by atoms with Gasteiger partial charge in [0.25, 0.3) is 0 Å². The minimum absolute atomic E-state index is 0.637. The van der Waals surface area contributed by atoms with Crippen LogP contribution in [0.4, 0.5) is 17.5 Å². The molecule has 1 N–H and O–H groups in total. The molecule has 0 saturated heterocycles. The maximum absolute atomic E-state index is 4.51. The zero-order valence-electron chi connectivity index (χ0n) is 11.9. The number of aromatic nitrogens is 2. The van der Waals surface area contributed by atoms with E-state index in [-0.39, 0.29) is 0 Å². The quantitative estimate of drug-likeness (QED) is 0.912. The molecular weight excluding hydrogens is 236 g/mol. The largest absolute Gasteiger partial charge is 0.357 e. The third-order valence-electron chi connectivity index (χ3n) is 3.22. The predicted molar refractivity (Wildman–Crippen MR) is 80.2 cm³/mol. The van der Waals surface area contributed by atoms with E-state index in [2.05, 4.69) is 51.4 Å². The minimum atomic E-state index is 0.637. The lowest BCUT2D eigenvalue weighted by molar-refractivity contribution is 1.05. The Bertz CT molecular complexity index is 549. The van der Waals surface area contributed by atoms with Crippen LogP contribution in [0, 0.1) is 6.92 Å². The second kappa shape index (κ2) is 5.69. The van der Waals surface area contributed by atoms with E-state index in [9.17, 15) is 0 Å².